The fraction of sp³-hybridized carbons (Fsp3) is 0.143. The molecule has 2 aliphatic rings. The van der Waals surface area contributed by atoms with Crippen molar-refractivity contribution in [1.82, 2.24) is 0 Å². The van der Waals surface area contributed by atoms with Gasteiger partial charge in [-0.25, -0.2) is 0 Å². The fourth-order valence-corrected chi connectivity index (χ4v) is 7.42. The molecule has 8 rings (SSSR count). The summed E-state index contributed by atoms with van der Waals surface area (Å²) in [5.74, 6) is 0. The van der Waals surface area contributed by atoms with Gasteiger partial charge >= 0.3 is 0 Å². The van der Waals surface area contributed by atoms with Crippen LogP contribution in [0.4, 0.5) is 22.7 Å². The summed E-state index contributed by atoms with van der Waals surface area (Å²) >= 11 is 0. The Morgan fingerprint density at radius 3 is 2.07 bits per heavy atom. The van der Waals surface area contributed by atoms with Crippen LogP contribution in [0.25, 0.3) is 28.0 Å². The lowest BCUT2D eigenvalue weighted by Crippen LogP contribution is -2.31. The van der Waals surface area contributed by atoms with Crippen molar-refractivity contribution >= 4 is 39.6 Å². The smallest absolute Gasteiger partial charge is 0.0506 e. The van der Waals surface area contributed by atoms with E-state index in [2.05, 4.69) is 178 Å². The van der Waals surface area contributed by atoms with Crippen LogP contribution in [0.2, 0.25) is 0 Å². The van der Waals surface area contributed by atoms with Gasteiger partial charge in [-0.2, -0.15) is 0 Å². The van der Waals surface area contributed by atoms with E-state index < -0.39 is 0 Å². The van der Waals surface area contributed by atoms with Gasteiger partial charge in [0.15, 0.2) is 0 Å². The molecule has 0 fully saturated rings. The van der Waals surface area contributed by atoms with Crippen LogP contribution in [-0.2, 0) is 10.8 Å². The van der Waals surface area contributed by atoms with Gasteiger partial charge in [-0.15, -0.1) is 0 Å². The van der Waals surface area contributed by atoms with E-state index in [0.717, 1.165) is 5.69 Å². The highest BCUT2D eigenvalue weighted by Gasteiger charge is 2.42. The van der Waals surface area contributed by atoms with Gasteiger partial charge in [0.05, 0.1) is 11.4 Å². The standard InChI is InChI=1S/C42H36N2/c1-41(2)35-16-10-11-17-39(35)44(32-14-6-5-7-15-32)40-27-37-34(26-38(40)41)33-21-18-28(24-36(33)42(37,3)4)22-23-43-31-20-19-29-12-8-9-13-30(29)25-31/h5-27,43H,1-4H3/b23-22+. The van der Waals surface area contributed by atoms with E-state index >= 15 is 0 Å². The van der Waals surface area contributed by atoms with Gasteiger partial charge in [-0.1, -0.05) is 113 Å². The number of rotatable bonds is 4. The molecule has 0 unspecified atom stereocenters. The van der Waals surface area contributed by atoms with Gasteiger partial charge in [-0.3, -0.25) is 0 Å². The molecule has 0 spiro atoms. The quantitative estimate of drug-likeness (QED) is 0.227. The number of nitrogens with one attached hydrogen (secondary N) is 1. The SMILES string of the molecule is CC1(C)c2cc(/C=C/Nc3ccc4ccccc4c3)ccc2-c2cc3c(cc21)N(c1ccccc1)c1ccccc1C3(C)C. The summed E-state index contributed by atoms with van der Waals surface area (Å²) in [6, 6.07) is 46.6. The summed E-state index contributed by atoms with van der Waals surface area (Å²) in [6.07, 6.45) is 4.23. The van der Waals surface area contributed by atoms with Crippen molar-refractivity contribution in [1.29, 1.82) is 0 Å². The van der Waals surface area contributed by atoms with Crippen molar-refractivity contribution in [2.24, 2.45) is 0 Å². The summed E-state index contributed by atoms with van der Waals surface area (Å²) in [5.41, 5.74) is 13.9. The van der Waals surface area contributed by atoms with Crippen LogP contribution in [0.5, 0.6) is 0 Å². The van der Waals surface area contributed by atoms with Gasteiger partial charge in [-0.05, 0) is 98.3 Å². The normalized spacial score (nSPS) is 15.5. The van der Waals surface area contributed by atoms with Crippen molar-refractivity contribution in [2.75, 3.05) is 10.2 Å². The van der Waals surface area contributed by atoms with Crippen molar-refractivity contribution < 1.29 is 0 Å². The molecule has 0 atom stereocenters. The first-order valence-corrected chi connectivity index (χ1v) is 15.5. The Morgan fingerprint density at radius 2 is 1.23 bits per heavy atom. The Hall–Kier alpha value is -5.08. The maximum Gasteiger partial charge on any atom is 0.0506 e. The van der Waals surface area contributed by atoms with E-state index in [1.807, 2.05) is 0 Å². The van der Waals surface area contributed by atoms with Crippen LogP contribution in [0, 0.1) is 0 Å². The maximum atomic E-state index is 3.48. The van der Waals surface area contributed by atoms with E-state index in [0.29, 0.717) is 0 Å². The fourth-order valence-electron chi connectivity index (χ4n) is 7.42. The number of hydrogen-bond donors (Lipinski definition) is 1. The minimum absolute atomic E-state index is 0.126. The lowest BCUT2D eigenvalue weighted by molar-refractivity contribution is 0.627. The third-order valence-corrected chi connectivity index (χ3v) is 9.84. The predicted octanol–water partition coefficient (Wildman–Crippen LogP) is 11.3. The molecule has 0 bridgehead atoms. The second kappa shape index (κ2) is 9.72. The van der Waals surface area contributed by atoms with E-state index in [9.17, 15) is 0 Å². The average molecular weight is 569 g/mol. The molecule has 1 heterocycles. The third kappa shape index (κ3) is 4.02. The Morgan fingerprint density at radius 1 is 0.523 bits per heavy atom. The zero-order chi connectivity index (χ0) is 30.1. The largest absolute Gasteiger partial charge is 0.362 e. The Kier molecular flexibility index (Phi) is 5.86. The summed E-state index contributed by atoms with van der Waals surface area (Å²) in [4.78, 5) is 2.46. The first kappa shape index (κ1) is 26.5. The first-order chi connectivity index (χ1) is 21.3. The van der Waals surface area contributed by atoms with Gasteiger partial charge in [0.25, 0.3) is 0 Å². The third-order valence-electron chi connectivity index (χ3n) is 9.84. The summed E-state index contributed by atoms with van der Waals surface area (Å²) in [7, 11) is 0. The molecule has 1 aliphatic carbocycles. The zero-order valence-electron chi connectivity index (χ0n) is 25.7. The topological polar surface area (TPSA) is 15.3 Å². The molecular formula is C42H36N2. The molecule has 6 aromatic carbocycles. The highest BCUT2D eigenvalue weighted by atomic mass is 15.2. The monoisotopic (exact) mass is 568 g/mol. The highest BCUT2D eigenvalue weighted by Crippen LogP contribution is 2.57. The van der Waals surface area contributed by atoms with Gasteiger partial charge in [0.1, 0.15) is 0 Å². The molecule has 2 nitrogen and oxygen atoms in total. The first-order valence-electron chi connectivity index (χ1n) is 15.5. The molecular weight excluding hydrogens is 532 g/mol. The van der Waals surface area contributed by atoms with E-state index in [1.54, 1.807) is 0 Å². The second-order valence-corrected chi connectivity index (χ2v) is 13.2. The van der Waals surface area contributed by atoms with Gasteiger partial charge < -0.3 is 10.2 Å². The molecule has 2 heteroatoms. The van der Waals surface area contributed by atoms with Crippen molar-refractivity contribution in [3.63, 3.8) is 0 Å². The van der Waals surface area contributed by atoms with Crippen LogP contribution >= 0.6 is 0 Å². The highest BCUT2D eigenvalue weighted by molar-refractivity contribution is 5.92. The molecule has 0 saturated heterocycles. The molecule has 6 aromatic rings. The number of fused-ring (bicyclic) bond motifs is 6. The lowest BCUT2D eigenvalue weighted by Gasteiger charge is -2.42. The van der Waals surface area contributed by atoms with Crippen molar-refractivity contribution in [3.8, 4) is 11.1 Å². The molecule has 0 radical (unpaired) electrons. The number of para-hydroxylation sites is 2. The molecule has 1 N–H and O–H groups in total. The van der Waals surface area contributed by atoms with Crippen LogP contribution in [0.3, 0.4) is 0 Å². The number of nitrogens with zero attached hydrogens (tertiary/aromatic N) is 1. The van der Waals surface area contributed by atoms with Crippen LogP contribution in [-0.4, -0.2) is 0 Å². The average Bonchev–Trinajstić information content (AvgIpc) is 3.26. The van der Waals surface area contributed by atoms with E-state index in [1.165, 1.54) is 66.8 Å². The lowest BCUT2D eigenvalue weighted by atomic mass is 9.72. The molecule has 44 heavy (non-hydrogen) atoms. The zero-order valence-corrected chi connectivity index (χ0v) is 25.7. The number of hydrogen-bond acceptors (Lipinski definition) is 2. The van der Waals surface area contributed by atoms with Crippen molar-refractivity contribution in [3.05, 3.63) is 161 Å². The van der Waals surface area contributed by atoms with Crippen molar-refractivity contribution in [2.45, 2.75) is 38.5 Å². The summed E-state index contributed by atoms with van der Waals surface area (Å²) < 4.78 is 0. The maximum absolute atomic E-state index is 3.48. The molecule has 1 aliphatic heterocycles. The van der Waals surface area contributed by atoms with Gasteiger partial charge in [0.2, 0.25) is 0 Å². The van der Waals surface area contributed by atoms with Gasteiger partial charge in [0, 0.05) is 28.4 Å². The molecule has 214 valence electrons. The van der Waals surface area contributed by atoms with Crippen LogP contribution < -0.4 is 10.2 Å². The summed E-state index contributed by atoms with van der Waals surface area (Å²) in [5, 5.41) is 5.97. The molecule has 0 saturated carbocycles. The second-order valence-electron chi connectivity index (χ2n) is 13.2. The van der Waals surface area contributed by atoms with Crippen LogP contribution in [0.15, 0.2) is 134 Å². The van der Waals surface area contributed by atoms with E-state index in [4.69, 9.17) is 0 Å². The van der Waals surface area contributed by atoms with E-state index in [-0.39, 0.29) is 10.8 Å². The minimum atomic E-state index is -0.129. The Labute approximate surface area is 260 Å². The number of anilines is 4. The minimum Gasteiger partial charge on any atom is -0.362 e. The van der Waals surface area contributed by atoms with Crippen LogP contribution in [0.1, 0.15) is 55.5 Å². The molecule has 0 aromatic heterocycles. The molecule has 0 amide bonds. The Balaban J connectivity index is 1.19. The summed E-state index contributed by atoms with van der Waals surface area (Å²) in [6.45, 7) is 9.49. The predicted molar refractivity (Wildman–Crippen MR) is 187 cm³/mol. The Bertz CT molecular complexity index is 2100. The number of benzene rings is 6.